The van der Waals surface area contributed by atoms with E-state index in [1.165, 1.54) is 28.6 Å². The van der Waals surface area contributed by atoms with E-state index in [2.05, 4.69) is 10.3 Å². The van der Waals surface area contributed by atoms with Crippen molar-refractivity contribution in [2.24, 2.45) is 5.92 Å². The molecule has 2 aromatic rings. The first-order chi connectivity index (χ1) is 13.9. The minimum Gasteiger partial charge on any atom is -0.462 e. The molecule has 9 heteroatoms. The number of piperidine rings is 1. The molecule has 0 bridgehead atoms. The number of hydrogen-bond acceptors (Lipinski definition) is 6. The highest BCUT2D eigenvalue weighted by molar-refractivity contribution is 7.89. The molecular weight excluding hydrogens is 394 g/mol. The average Bonchev–Trinajstić information content (AvgIpc) is 2.75. The minimum atomic E-state index is -3.76. The largest absolute Gasteiger partial charge is 0.462 e. The molecule has 0 unspecified atom stereocenters. The van der Waals surface area contributed by atoms with Gasteiger partial charge in [0, 0.05) is 25.2 Å². The fourth-order valence-corrected chi connectivity index (χ4v) is 4.70. The van der Waals surface area contributed by atoms with Gasteiger partial charge in [0.25, 0.3) is 0 Å². The number of benzene rings is 1. The quantitative estimate of drug-likeness (QED) is 0.723. The summed E-state index contributed by atoms with van der Waals surface area (Å²) >= 11 is 0. The Morgan fingerprint density at radius 2 is 1.97 bits per heavy atom. The van der Waals surface area contributed by atoms with Crippen LogP contribution in [0.3, 0.4) is 0 Å². The van der Waals surface area contributed by atoms with Gasteiger partial charge in [-0.05, 0) is 50.1 Å². The SMILES string of the molecule is CCOC(=O)c1cccc(S(=O)(=O)N2CCC(C(=O)Nc3cccnc3)CC2)c1. The van der Waals surface area contributed by atoms with Gasteiger partial charge < -0.3 is 10.1 Å². The van der Waals surface area contributed by atoms with E-state index >= 15 is 0 Å². The topological polar surface area (TPSA) is 106 Å². The van der Waals surface area contributed by atoms with Crippen molar-refractivity contribution < 1.29 is 22.7 Å². The number of carbonyl (C=O) groups is 2. The summed E-state index contributed by atoms with van der Waals surface area (Å²) in [5.41, 5.74) is 0.807. The number of nitrogens with one attached hydrogen (secondary N) is 1. The molecule has 0 aliphatic carbocycles. The van der Waals surface area contributed by atoms with Crippen molar-refractivity contribution in [2.45, 2.75) is 24.7 Å². The van der Waals surface area contributed by atoms with Crippen molar-refractivity contribution in [2.75, 3.05) is 25.0 Å². The molecule has 0 saturated carbocycles. The molecule has 154 valence electrons. The molecular formula is C20H23N3O5S. The van der Waals surface area contributed by atoms with Crippen LogP contribution in [0.5, 0.6) is 0 Å². The molecule has 1 saturated heterocycles. The van der Waals surface area contributed by atoms with Crippen molar-refractivity contribution in [1.82, 2.24) is 9.29 Å². The molecule has 8 nitrogen and oxygen atoms in total. The third kappa shape index (κ3) is 4.99. The van der Waals surface area contributed by atoms with Crippen LogP contribution in [0.25, 0.3) is 0 Å². The van der Waals surface area contributed by atoms with Crippen LogP contribution in [0, 0.1) is 5.92 Å². The molecule has 1 fully saturated rings. The number of esters is 1. The number of ether oxygens (including phenoxy) is 1. The molecule has 3 rings (SSSR count). The van der Waals surface area contributed by atoms with Crippen LogP contribution in [0.4, 0.5) is 5.69 Å². The fraction of sp³-hybridized carbons (Fsp3) is 0.350. The zero-order valence-electron chi connectivity index (χ0n) is 16.1. The third-order valence-electron chi connectivity index (χ3n) is 4.74. The van der Waals surface area contributed by atoms with E-state index in [1.807, 2.05) is 0 Å². The summed E-state index contributed by atoms with van der Waals surface area (Å²) in [6.07, 6.45) is 4.02. The average molecular weight is 417 g/mol. The Labute approximate surface area is 169 Å². The Bertz CT molecular complexity index is 971. The van der Waals surface area contributed by atoms with Crippen molar-refractivity contribution in [3.8, 4) is 0 Å². The number of rotatable bonds is 6. The number of aromatic nitrogens is 1. The number of nitrogens with zero attached hydrogens (tertiary/aromatic N) is 2. The van der Waals surface area contributed by atoms with Gasteiger partial charge >= 0.3 is 5.97 Å². The highest BCUT2D eigenvalue weighted by Gasteiger charge is 2.32. The second-order valence-electron chi connectivity index (χ2n) is 6.66. The van der Waals surface area contributed by atoms with Gasteiger partial charge in [-0.1, -0.05) is 6.07 Å². The normalized spacial score (nSPS) is 15.6. The lowest BCUT2D eigenvalue weighted by atomic mass is 9.97. The molecule has 1 aromatic heterocycles. The molecule has 2 heterocycles. The van der Waals surface area contributed by atoms with Gasteiger partial charge in [-0.25, -0.2) is 13.2 Å². The van der Waals surface area contributed by atoms with Crippen LogP contribution in [-0.4, -0.2) is 49.3 Å². The first kappa shape index (κ1) is 20.9. The second kappa shape index (κ2) is 9.15. The van der Waals surface area contributed by atoms with Crippen LogP contribution in [0.15, 0.2) is 53.7 Å². The Morgan fingerprint density at radius 1 is 1.21 bits per heavy atom. The molecule has 1 aliphatic rings. The smallest absolute Gasteiger partial charge is 0.338 e. The van der Waals surface area contributed by atoms with E-state index in [0.717, 1.165) is 0 Å². The van der Waals surface area contributed by atoms with E-state index in [0.29, 0.717) is 18.5 Å². The molecule has 0 radical (unpaired) electrons. The summed E-state index contributed by atoms with van der Waals surface area (Å²) < 4.78 is 32.2. The predicted octanol–water partition coefficient (Wildman–Crippen LogP) is 2.30. The highest BCUT2D eigenvalue weighted by Crippen LogP contribution is 2.25. The second-order valence-corrected chi connectivity index (χ2v) is 8.60. The number of amides is 1. The molecule has 29 heavy (non-hydrogen) atoms. The fourth-order valence-electron chi connectivity index (χ4n) is 3.19. The highest BCUT2D eigenvalue weighted by atomic mass is 32.2. The summed E-state index contributed by atoms with van der Waals surface area (Å²) in [7, 11) is -3.76. The Kier molecular flexibility index (Phi) is 6.60. The van der Waals surface area contributed by atoms with E-state index in [9.17, 15) is 18.0 Å². The molecule has 1 aromatic carbocycles. The Balaban J connectivity index is 1.64. The minimum absolute atomic E-state index is 0.0429. The van der Waals surface area contributed by atoms with Crippen LogP contribution in [0.2, 0.25) is 0 Å². The number of pyridine rings is 1. The first-order valence-corrected chi connectivity index (χ1v) is 10.8. The van der Waals surface area contributed by atoms with Gasteiger partial charge in [-0.2, -0.15) is 4.31 Å². The molecule has 0 atom stereocenters. The predicted molar refractivity (Wildman–Crippen MR) is 107 cm³/mol. The third-order valence-corrected chi connectivity index (χ3v) is 6.63. The van der Waals surface area contributed by atoms with Gasteiger partial charge in [0.15, 0.2) is 0 Å². The van der Waals surface area contributed by atoms with Crippen LogP contribution < -0.4 is 5.32 Å². The lowest BCUT2D eigenvalue weighted by Crippen LogP contribution is -2.41. The maximum Gasteiger partial charge on any atom is 0.338 e. The number of sulfonamides is 1. The van der Waals surface area contributed by atoms with Crippen molar-refractivity contribution in [3.63, 3.8) is 0 Å². The van der Waals surface area contributed by atoms with Crippen molar-refractivity contribution in [1.29, 1.82) is 0 Å². The number of anilines is 1. The van der Waals surface area contributed by atoms with E-state index in [-0.39, 0.29) is 42.0 Å². The summed E-state index contributed by atoms with van der Waals surface area (Å²) in [6, 6.07) is 9.31. The van der Waals surface area contributed by atoms with Gasteiger partial charge in [0.05, 0.1) is 29.0 Å². The maximum absolute atomic E-state index is 13.0. The lowest BCUT2D eigenvalue weighted by Gasteiger charge is -2.30. The van der Waals surface area contributed by atoms with Crippen molar-refractivity contribution >= 4 is 27.6 Å². The van der Waals surface area contributed by atoms with Gasteiger partial charge in [0.2, 0.25) is 15.9 Å². The maximum atomic E-state index is 13.0. The van der Waals surface area contributed by atoms with Gasteiger partial charge in [-0.3, -0.25) is 9.78 Å². The summed E-state index contributed by atoms with van der Waals surface area (Å²) in [5.74, 6) is -0.970. The zero-order chi connectivity index (χ0) is 20.9. The first-order valence-electron chi connectivity index (χ1n) is 9.40. The lowest BCUT2D eigenvalue weighted by molar-refractivity contribution is -0.120. The van der Waals surface area contributed by atoms with E-state index in [1.54, 1.807) is 31.5 Å². The molecule has 1 amide bonds. The summed E-state index contributed by atoms with van der Waals surface area (Å²) in [4.78, 5) is 28.3. The van der Waals surface area contributed by atoms with Gasteiger partial charge in [0.1, 0.15) is 0 Å². The molecule has 0 spiro atoms. The Hall–Kier alpha value is -2.78. The summed E-state index contributed by atoms with van der Waals surface area (Å²) in [6.45, 7) is 2.37. The standard InChI is InChI=1S/C20H23N3O5S/c1-2-28-20(25)16-5-3-7-18(13-16)29(26,27)23-11-8-15(9-12-23)19(24)22-17-6-4-10-21-14-17/h3-7,10,13-15H,2,8-9,11-12H2,1H3,(H,22,24). The van der Waals surface area contributed by atoms with Gasteiger partial charge in [-0.15, -0.1) is 0 Å². The molecule has 1 aliphatic heterocycles. The van der Waals surface area contributed by atoms with Crippen LogP contribution >= 0.6 is 0 Å². The van der Waals surface area contributed by atoms with Crippen molar-refractivity contribution in [3.05, 3.63) is 54.4 Å². The van der Waals surface area contributed by atoms with Crippen LogP contribution in [0.1, 0.15) is 30.1 Å². The number of carbonyl (C=O) groups excluding carboxylic acids is 2. The molecule has 1 N–H and O–H groups in total. The van der Waals surface area contributed by atoms with E-state index in [4.69, 9.17) is 4.74 Å². The summed E-state index contributed by atoms with van der Waals surface area (Å²) in [5, 5.41) is 2.81. The van der Waals surface area contributed by atoms with E-state index < -0.39 is 16.0 Å². The zero-order valence-corrected chi connectivity index (χ0v) is 16.9. The van der Waals surface area contributed by atoms with Crippen LogP contribution in [-0.2, 0) is 19.6 Å². The number of hydrogen-bond donors (Lipinski definition) is 1. The monoisotopic (exact) mass is 417 g/mol. The Morgan fingerprint density at radius 3 is 2.62 bits per heavy atom.